The molecular formula is C8H8N5OS2. The van der Waals surface area contributed by atoms with Gasteiger partial charge in [-0.05, 0) is 19.1 Å². The predicted molar refractivity (Wildman–Crippen MR) is 64.1 cm³/mol. The lowest BCUT2D eigenvalue weighted by molar-refractivity contribution is -0.112. The fourth-order valence-corrected chi connectivity index (χ4v) is 2.69. The normalized spacial score (nSPS) is 14.1. The first kappa shape index (κ1) is 11.0. The molecular weight excluding hydrogens is 246 g/mol. The summed E-state index contributed by atoms with van der Waals surface area (Å²) >= 11 is 6.40. The van der Waals surface area contributed by atoms with Gasteiger partial charge in [-0.3, -0.25) is 10.2 Å². The number of fused-ring (bicyclic) bond motifs is 1. The van der Waals surface area contributed by atoms with Crippen molar-refractivity contribution in [2.24, 2.45) is 10.7 Å². The molecule has 2 rings (SSSR count). The van der Waals surface area contributed by atoms with E-state index in [0.29, 0.717) is 21.2 Å². The zero-order valence-corrected chi connectivity index (χ0v) is 9.98. The van der Waals surface area contributed by atoms with Crippen LogP contribution in [0.4, 0.5) is 5.82 Å². The van der Waals surface area contributed by atoms with Crippen LogP contribution in [0.1, 0.15) is 11.8 Å². The smallest absolute Gasteiger partial charge is 0.286 e. The molecule has 1 aromatic heterocycles. The minimum atomic E-state index is -0.741. The van der Waals surface area contributed by atoms with Crippen LogP contribution < -0.4 is 11.1 Å². The lowest BCUT2D eigenvalue weighted by Gasteiger charge is -2.11. The molecule has 0 spiro atoms. The molecule has 2 heterocycles. The number of nitrogens with zero attached hydrogens (tertiary/aromatic N) is 3. The Morgan fingerprint density at radius 1 is 1.69 bits per heavy atom. The molecule has 0 unspecified atom stereocenters. The second-order valence-corrected chi connectivity index (χ2v) is 4.67. The van der Waals surface area contributed by atoms with Crippen molar-refractivity contribution in [3.8, 4) is 0 Å². The zero-order valence-electron chi connectivity index (χ0n) is 8.35. The van der Waals surface area contributed by atoms with Crippen molar-refractivity contribution >= 4 is 47.0 Å². The number of nitrogens with two attached hydrogens (primary N) is 1. The average Bonchev–Trinajstić information content (AvgIpc) is 2.54. The summed E-state index contributed by atoms with van der Waals surface area (Å²) in [5, 5.41) is 11.4. The number of nitrogens with one attached hydrogen (secondary N) is 1. The van der Waals surface area contributed by atoms with Crippen LogP contribution in [0.25, 0.3) is 0 Å². The van der Waals surface area contributed by atoms with Gasteiger partial charge in [0, 0.05) is 6.54 Å². The molecule has 0 bridgehead atoms. The minimum absolute atomic E-state index is 0.0119. The van der Waals surface area contributed by atoms with Gasteiger partial charge in [-0.1, -0.05) is 11.3 Å². The molecule has 1 aliphatic heterocycles. The number of thiazole rings is 1. The third-order valence-electron chi connectivity index (χ3n) is 2.05. The van der Waals surface area contributed by atoms with Gasteiger partial charge in [-0.15, -0.1) is 0 Å². The number of hydrogen-bond donors (Lipinski definition) is 2. The Morgan fingerprint density at radius 2 is 2.38 bits per heavy atom. The fourth-order valence-electron chi connectivity index (χ4n) is 1.33. The molecule has 0 aromatic carbocycles. The zero-order chi connectivity index (χ0) is 11.9. The molecule has 83 valence electrons. The summed E-state index contributed by atoms with van der Waals surface area (Å²) in [5.41, 5.74) is 5.09. The molecule has 3 N–H and O–H groups in total. The Balaban J connectivity index is 2.68. The summed E-state index contributed by atoms with van der Waals surface area (Å²) in [6.45, 7) is 2.55. The Bertz CT molecular complexity index is 567. The molecule has 8 heteroatoms. The van der Waals surface area contributed by atoms with Gasteiger partial charge >= 0.3 is 0 Å². The second kappa shape index (κ2) is 3.80. The van der Waals surface area contributed by atoms with Crippen molar-refractivity contribution in [1.29, 1.82) is 5.41 Å². The Labute approximate surface area is 100 Å². The van der Waals surface area contributed by atoms with Gasteiger partial charge in [0.25, 0.3) is 5.91 Å². The minimum Gasteiger partial charge on any atom is -0.363 e. The first-order valence-electron chi connectivity index (χ1n) is 4.47. The number of aromatic nitrogens is 1. The molecule has 1 radical (unpaired) electrons. The van der Waals surface area contributed by atoms with Crippen molar-refractivity contribution in [3.05, 3.63) is 8.83 Å². The van der Waals surface area contributed by atoms with Crippen LogP contribution in [0.3, 0.4) is 0 Å². The highest BCUT2D eigenvalue weighted by atomic mass is 32.1. The van der Waals surface area contributed by atoms with Crippen molar-refractivity contribution < 1.29 is 4.79 Å². The first-order valence-corrected chi connectivity index (χ1v) is 5.69. The molecule has 16 heavy (non-hydrogen) atoms. The highest BCUT2D eigenvalue weighted by Gasteiger charge is 2.25. The summed E-state index contributed by atoms with van der Waals surface area (Å²) in [7, 11) is 0. The van der Waals surface area contributed by atoms with E-state index in [0.717, 1.165) is 0 Å². The monoisotopic (exact) mass is 254 g/mol. The topological polar surface area (TPSA) is 98.3 Å². The van der Waals surface area contributed by atoms with Gasteiger partial charge in [-0.25, -0.2) is 10.3 Å². The highest BCUT2D eigenvalue weighted by Crippen LogP contribution is 2.30. The quantitative estimate of drug-likeness (QED) is 0.761. The number of aliphatic imine (C=N–C) groups is 1. The maximum Gasteiger partial charge on any atom is 0.286 e. The van der Waals surface area contributed by atoms with Crippen LogP contribution in [0, 0.1) is 9.36 Å². The number of carbonyl (C=O) groups is 1. The molecule has 0 saturated heterocycles. The number of primary amides is 1. The molecule has 0 fully saturated rings. The maximum absolute atomic E-state index is 11.0. The van der Waals surface area contributed by atoms with Crippen LogP contribution in [0.15, 0.2) is 4.99 Å². The SMILES string of the molecule is CCn1c2c(sc1=S)C(=N)[N]C(C(N)=O)=N2. The third-order valence-corrected chi connectivity index (χ3v) is 3.50. The molecule has 1 aromatic rings. The van der Waals surface area contributed by atoms with Crippen molar-refractivity contribution in [2.45, 2.75) is 13.5 Å². The number of carbonyl (C=O) groups excluding carboxylic acids is 1. The van der Waals surface area contributed by atoms with Gasteiger partial charge < -0.3 is 10.3 Å². The third kappa shape index (κ3) is 1.55. The van der Waals surface area contributed by atoms with Gasteiger partial charge in [0.05, 0.1) is 0 Å². The molecule has 6 nitrogen and oxygen atoms in total. The van der Waals surface area contributed by atoms with E-state index in [-0.39, 0.29) is 11.7 Å². The van der Waals surface area contributed by atoms with E-state index in [1.807, 2.05) is 6.92 Å². The van der Waals surface area contributed by atoms with Gasteiger partial charge in [0.1, 0.15) is 4.88 Å². The van der Waals surface area contributed by atoms with E-state index >= 15 is 0 Å². The Morgan fingerprint density at radius 3 is 2.94 bits per heavy atom. The summed E-state index contributed by atoms with van der Waals surface area (Å²) in [6.07, 6.45) is 0. The molecule has 0 atom stereocenters. The van der Waals surface area contributed by atoms with Crippen LogP contribution in [0.5, 0.6) is 0 Å². The van der Waals surface area contributed by atoms with Crippen LogP contribution in [-0.2, 0) is 11.3 Å². The molecule has 0 aliphatic carbocycles. The Kier molecular flexibility index (Phi) is 2.60. The predicted octanol–water partition coefficient (Wildman–Crippen LogP) is 0.758. The van der Waals surface area contributed by atoms with Crippen LogP contribution >= 0.6 is 23.6 Å². The summed E-state index contributed by atoms with van der Waals surface area (Å²) in [4.78, 5) is 15.6. The summed E-state index contributed by atoms with van der Waals surface area (Å²) in [5.74, 6) is -0.393. The molecule has 0 saturated carbocycles. The average molecular weight is 254 g/mol. The summed E-state index contributed by atoms with van der Waals surface area (Å²) < 4.78 is 2.36. The lowest BCUT2D eigenvalue weighted by atomic mass is 10.3. The lowest BCUT2D eigenvalue weighted by Crippen LogP contribution is -2.36. The Hall–Kier alpha value is -1.54. The van der Waals surface area contributed by atoms with Crippen molar-refractivity contribution in [3.63, 3.8) is 0 Å². The van der Waals surface area contributed by atoms with Gasteiger partial charge in [0.2, 0.25) is 5.84 Å². The van der Waals surface area contributed by atoms with E-state index in [2.05, 4.69) is 10.3 Å². The van der Waals surface area contributed by atoms with Gasteiger partial charge in [-0.2, -0.15) is 0 Å². The number of amides is 1. The van der Waals surface area contributed by atoms with Crippen LogP contribution in [0.2, 0.25) is 0 Å². The molecule has 1 aliphatic rings. The fraction of sp³-hybridized carbons (Fsp3) is 0.250. The van der Waals surface area contributed by atoms with E-state index in [1.54, 1.807) is 4.57 Å². The number of rotatable bonds is 2. The second-order valence-electron chi connectivity index (χ2n) is 3.03. The highest BCUT2D eigenvalue weighted by molar-refractivity contribution is 7.73. The van der Waals surface area contributed by atoms with Crippen LogP contribution in [-0.4, -0.2) is 22.1 Å². The van der Waals surface area contributed by atoms with E-state index in [9.17, 15) is 4.79 Å². The maximum atomic E-state index is 11.0. The van der Waals surface area contributed by atoms with Crippen molar-refractivity contribution in [2.75, 3.05) is 0 Å². The van der Waals surface area contributed by atoms with E-state index in [1.165, 1.54) is 11.3 Å². The van der Waals surface area contributed by atoms with Gasteiger partial charge in [0.15, 0.2) is 15.6 Å². The number of amidine groups is 2. The standard InChI is InChI=1S/C8H8N5OS2/c1-2-13-7-3(16-8(13)15)4(9)11-6(12-7)5(10)14/h9H,2H2,1H3,(H2,10,14). The largest absolute Gasteiger partial charge is 0.363 e. The molecule has 1 amide bonds. The number of hydrogen-bond acceptors (Lipinski definition) is 5. The summed E-state index contributed by atoms with van der Waals surface area (Å²) in [6, 6.07) is 0. The van der Waals surface area contributed by atoms with E-state index in [4.69, 9.17) is 23.4 Å². The van der Waals surface area contributed by atoms with E-state index < -0.39 is 5.91 Å². The first-order chi connectivity index (χ1) is 7.54. The van der Waals surface area contributed by atoms with Crippen molar-refractivity contribution in [1.82, 2.24) is 9.88 Å².